The van der Waals surface area contributed by atoms with E-state index in [1.54, 1.807) is 13.8 Å². The van der Waals surface area contributed by atoms with E-state index in [2.05, 4.69) is 0 Å². The van der Waals surface area contributed by atoms with Gasteiger partial charge in [-0.25, -0.2) is 8.42 Å². The number of nitriles is 1. The summed E-state index contributed by atoms with van der Waals surface area (Å²) in [4.78, 5) is 24.4. The smallest absolute Gasteiger partial charge is 0.320 e. The number of carbonyl (C=O) groups excluding carboxylic acids is 1. The van der Waals surface area contributed by atoms with Gasteiger partial charge in [-0.1, -0.05) is 13.8 Å². The first-order valence-corrected chi connectivity index (χ1v) is 9.18. The van der Waals surface area contributed by atoms with Crippen molar-refractivity contribution in [3.63, 3.8) is 0 Å². The van der Waals surface area contributed by atoms with E-state index >= 15 is 0 Å². The van der Waals surface area contributed by atoms with Gasteiger partial charge in [0.15, 0.2) is 15.3 Å². The van der Waals surface area contributed by atoms with Gasteiger partial charge >= 0.3 is 5.97 Å². The predicted molar refractivity (Wildman–Crippen MR) is 88.1 cm³/mol. The second-order valence-electron chi connectivity index (χ2n) is 6.80. The molecule has 0 aromatic carbocycles. The summed E-state index contributed by atoms with van der Waals surface area (Å²) in [6.07, 6.45) is 0.126. The Labute approximate surface area is 147 Å². The van der Waals surface area contributed by atoms with Crippen molar-refractivity contribution in [3.8, 4) is 6.07 Å². The Morgan fingerprint density at radius 1 is 1.46 bits per heavy atom. The zero-order valence-corrected chi connectivity index (χ0v) is 15.1. The topological polar surface area (TPSA) is 142 Å². The van der Waals surface area contributed by atoms with Crippen LogP contribution in [0.15, 0.2) is 0 Å². The number of primary amides is 1. The summed E-state index contributed by atoms with van der Waals surface area (Å²) < 4.78 is 24.8. The molecule has 2 unspecified atom stereocenters. The number of amides is 1. The lowest BCUT2D eigenvalue weighted by Crippen LogP contribution is -2.42. The summed E-state index contributed by atoms with van der Waals surface area (Å²) in [5.74, 6) is -2.00. The fourth-order valence-corrected chi connectivity index (χ4v) is 5.43. The van der Waals surface area contributed by atoms with Gasteiger partial charge in [-0.05, 0) is 18.8 Å². The first kappa shape index (κ1) is 20.7. The highest BCUT2D eigenvalue weighted by molar-refractivity contribution is 7.92. The largest absolute Gasteiger partial charge is 0.480 e. The van der Waals surface area contributed by atoms with Crippen LogP contribution in [-0.4, -0.2) is 59.9 Å². The molecule has 0 aromatic rings. The minimum Gasteiger partial charge on any atom is -0.480 e. The van der Waals surface area contributed by atoms with Gasteiger partial charge in [-0.2, -0.15) is 5.26 Å². The van der Waals surface area contributed by atoms with E-state index < -0.39 is 44.5 Å². The zero-order valence-electron chi connectivity index (χ0n) is 13.5. The summed E-state index contributed by atoms with van der Waals surface area (Å²) in [5, 5.41) is 17.8. The highest BCUT2D eigenvalue weighted by Crippen LogP contribution is 2.51. The lowest BCUT2D eigenvalue weighted by Gasteiger charge is -2.22. The van der Waals surface area contributed by atoms with Crippen molar-refractivity contribution < 1.29 is 23.1 Å². The number of hydrogen-bond donors (Lipinski definition) is 2. The highest BCUT2D eigenvalue weighted by Gasteiger charge is 2.65. The number of nitrogens with zero attached hydrogens (tertiary/aromatic N) is 2. The van der Waals surface area contributed by atoms with E-state index in [1.165, 1.54) is 4.90 Å². The Hall–Kier alpha value is -1.37. The number of carboxylic acid groups (broad SMARTS) is 1. The van der Waals surface area contributed by atoms with Crippen LogP contribution in [0.5, 0.6) is 0 Å². The van der Waals surface area contributed by atoms with E-state index in [0.29, 0.717) is 0 Å². The van der Waals surface area contributed by atoms with Crippen molar-refractivity contribution in [3.05, 3.63) is 0 Å². The number of rotatable bonds is 6. The van der Waals surface area contributed by atoms with Crippen LogP contribution in [0.4, 0.5) is 0 Å². The molecule has 2 fully saturated rings. The average Bonchev–Trinajstić information content (AvgIpc) is 2.98. The van der Waals surface area contributed by atoms with Crippen LogP contribution in [0.3, 0.4) is 0 Å². The third kappa shape index (κ3) is 3.50. The number of carboxylic acids is 1. The number of halogens is 1. The summed E-state index contributed by atoms with van der Waals surface area (Å²) >= 11 is 0. The number of carbonyl (C=O) groups is 2. The second kappa shape index (κ2) is 6.86. The Balaban J connectivity index is 0.00000288. The number of likely N-dealkylation sites (tertiary alicyclic amines) is 1. The third-order valence-electron chi connectivity index (χ3n) is 4.62. The van der Waals surface area contributed by atoms with Gasteiger partial charge in [0.25, 0.3) is 0 Å². The molecule has 2 rings (SSSR count). The van der Waals surface area contributed by atoms with Crippen molar-refractivity contribution in [2.45, 2.75) is 44.0 Å². The predicted octanol–water partition coefficient (Wildman–Crippen LogP) is -0.226. The molecule has 1 amide bonds. The van der Waals surface area contributed by atoms with Crippen LogP contribution in [-0.2, 0) is 19.4 Å². The minimum atomic E-state index is -3.43. The standard InChI is InChI=1S/C14H21N3O5S.ClH/c1-8(2)6-23(21,22)9-3-10(12(18)19)17(5-9)11-4-14(11,7-15)13(16)20;/h8-11H,3-6H2,1-2H3,(H2,16,20)(H,18,19);1H/t9-,10+,11?,14?;/m1./s1. The normalized spacial score (nSPS) is 32.8. The lowest BCUT2D eigenvalue weighted by molar-refractivity contribution is -0.142. The molecule has 1 saturated carbocycles. The first-order valence-electron chi connectivity index (χ1n) is 7.46. The molecular formula is C14H22ClN3O5S. The number of nitrogens with two attached hydrogens (primary N) is 1. The quantitative estimate of drug-likeness (QED) is 0.649. The summed E-state index contributed by atoms with van der Waals surface area (Å²) in [5.41, 5.74) is 3.86. The first-order chi connectivity index (χ1) is 10.5. The van der Waals surface area contributed by atoms with Gasteiger partial charge < -0.3 is 10.8 Å². The summed E-state index contributed by atoms with van der Waals surface area (Å²) in [7, 11) is -3.43. The molecule has 0 bridgehead atoms. The molecule has 1 aliphatic carbocycles. The molecule has 1 heterocycles. The van der Waals surface area contributed by atoms with Gasteiger partial charge in [0.2, 0.25) is 5.91 Å². The molecule has 10 heteroatoms. The summed E-state index contributed by atoms with van der Waals surface area (Å²) in [6.45, 7) is 3.59. The molecular weight excluding hydrogens is 358 g/mol. The van der Waals surface area contributed by atoms with Gasteiger partial charge in [0, 0.05) is 12.6 Å². The van der Waals surface area contributed by atoms with Gasteiger partial charge in [-0.15, -0.1) is 12.4 Å². The van der Waals surface area contributed by atoms with Crippen LogP contribution in [0.2, 0.25) is 0 Å². The number of aliphatic carboxylic acids is 1. The molecule has 3 N–H and O–H groups in total. The zero-order chi connectivity index (χ0) is 17.6. The average molecular weight is 380 g/mol. The van der Waals surface area contributed by atoms with E-state index in [1.807, 2.05) is 6.07 Å². The van der Waals surface area contributed by atoms with Crippen molar-refractivity contribution in [1.82, 2.24) is 4.90 Å². The minimum absolute atomic E-state index is 0. The Kier molecular flexibility index (Phi) is 5.91. The van der Waals surface area contributed by atoms with E-state index in [4.69, 9.17) is 5.73 Å². The molecule has 1 aliphatic heterocycles. The van der Waals surface area contributed by atoms with Gasteiger partial charge in [0.05, 0.1) is 17.1 Å². The molecule has 136 valence electrons. The van der Waals surface area contributed by atoms with Crippen LogP contribution in [0, 0.1) is 22.7 Å². The number of hydrogen-bond acceptors (Lipinski definition) is 6. The Morgan fingerprint density at radius 2 is 2.04 bits per heavy atom. The second-order valence-corrected chi connectivity index (χ2v) is 9.12. The Morgan fingerprint density at radius 3 is 2.42 bits per heavy atom. The van der Waals surface area contributed by atoms with Crippen molar-refractivity contribution in [2.24, 2.45) is 17.1 Å². The summed E-state index contributed by atoms with van der Waals surface area (Å²) in [6, 6.07) is 0.233. The fourth-order valence-electron chi connectivity index (χ4n) is 3.36. The molecule has 0 spiro atoms. The van der Waals surface area contributed by atoms with Gasteiger partial charge in [0.1, 0.15) is 6.04 Å². The van der Waals surface area contributed by atoms with Crippen molar-refractivity contribution in [2.75, 3.05) is 12.3 Å². The third-order valence-corrected chi connectivity index (χ3v) is 7.11. The highest BCUT2D eigenvalue weighted by atomic mass is 35.5. The number of sulfone groups is 1. The molecule has 2 aliphatic rings. The molecule has 0 radical (unpaired) electrons. The van der Waals surface area contributed by atoms with Crippen LogP contribution in [0.25, 0.3) is 0 Å². The van der Waals surface area contributed by atoms with Crippen LogP contribution < -0.4 is 5.73 Å². The molecule has 4 atom stereocenters. The van der Waals surface area contributed by atoms with E-state index in [9.17, 15) is 28.4 Å². The van der Waals surface area contributed by atoms with Crippen molar-refractivity contribution >= 4 is 34.1 Å². The maximum absolute atomic E-state index is 12.4. The Bertz CT molecular complexity index is 674. The lowest BCUT2D eigenvalue weighted by atomic mass is 10.1. The van der Waals surface area contributed by atoms with Crippen LogP contribution in [0.1, 0.15) is 26.7 Å². The van der Waals surface area contributed by atoms with Crippen molar-refractivity contribution in [1.29, 1.82) is 5.26 Å². The molecule has 24 heavy (non-hydrogen) atoms. The molecule has 1 saturated heterocycles. The van der Waals surface area contributed by atoms with E-state index in [-0.39, 0.29) is 43.5 Å². The maximum atomic E-state index is 12.4. The van der Waals surface area contributed by atoms with Crippen LogP contribution >= 0.6 is 12.4 Å². The molecule has 8 nitrogen and oxygen atoms in total. The van der Waals surface area contributed by atoms with Gasteiger partial charge in [-0.3, -0.25) is 14.5 Å². The molecule has 0 aromatic heterocycles. The van der Waals surface area contributed by atoms with E-state index in [0.717, 1.165) is 0 Å². The fraction of sp³-hybridized carbons (Fsp3) is 0.786. The maximum Gasteiger partial charge on any atom is 0.320 e. The SMILES string of the molecule is CC(C)CS(=O)(=O)[C@@H]1C[C@@H](C(=O)O)N(C2CC2(C#N)C(N)=O)C1.Cl. The monoisotopic (exact) mass is 379 g/mol.